The van der Waals surface area contributed by atoms with Gasteiger partial charge >= 0.3 is 0 Å². The molecule has 2 aromatic heterocycles. The summed E-state index contributed by atoms with van der Waals surface area (Å²) >= 11 is 8.06. The molecule has 0 spiro atoms. The van der Waals surface area contributed by atoms with Crippen LogP contribution in [-0.2, 0) is 13.1 Å². The standard InChI is InChI=1S/C16H15ClN2S/c1-11-4-5-15-12(7-11)8-13(16(17)19-15)9-18-10-14-3-2-6-20-14/h2-8,18H,9-10H2,1H3/p+1. The summed E-state index contributed by atoms with van der Waals surface area (Å²) in [6.45, 7) is 3.93. The molecule has 2 heterocycles. The second-order valence-corrected chi connectivity index (χ2v) is 6.30. The lowest BCUT2D eigenvalue weighted by atomic mass is 10.1. The first kappa shape index (κ1) is 13.6. The van der Waals surface area contributed by atoms with Crippen LogP contribution in [0.15, 0.2) is 41.8 Å². The van der Waals surface area contributed by atoms with E-state index in [1.807, 2.05) is 6.07 Å². The topological polar surface area (TPSA) is 29.5 Å². The summed E-state index contributed by atoms with van der Waals surface area (Å²) < 4.78 is 0. The smallest absolute Gasteiger partial charge is 0.138 e. The number of nitrogens with zero attached hydrogens (tertiary/aromatic N) is 1. The van der Waals surface area contributed by atoms with Gasteiger partial charge in [0.15, 0.2) is 0 Å². The van der Waals surface area contributed by atoms with Crippen LogP contribution in [0.2, 0.25) is 5.15 Å². The molecular formula is C16H16ClN2S+. The maximum atomic E-state index is 6.28. The Morgan fingerprint density at radius 1 is 1.20 bits per heavy atom. The summed E-state index contributed by atoms with van der Waals surface area (Å²) in [7, 11) is 0. The number of benzene rings is 1. The van der Waals surface area contributed by atoms with Gasteiger partial charge in [-0.25, -0.2) is 4.98 Å². The normalized spacial score (nSPS) is 11.1. The average Bonchev–Trinajstić information content (AvgIpc) is 2.93. The number of hydrogen-bond acceptors (Lipinski definition) is 2. The number of aryl methyl sites for hydroxylation is 1. The minimum Gasteiger partial charge on any atom is -0.338 e. The van der Waals surface area contributed by atoms with Gasteiger partial charge in [0.25, 0.3) is 0 Å². The van der Waals surface area contributed by atoms with Gasteiger partial charge in [-0.15, -0.1) is 11.3 Å². The summed E-state index contributed by atoms with van der Waals surface area (Å²) in [4.78, 5) is 5.86. The second kappa shape index (κ2) is 5.92. The lowest BCUT2D eigenvalue weighted by Crippen LogP contribution is -2.80. The number of quaternary nitrogens is 1. The number of aromatic nitrogens is 1. The summed E-state index contributed by atoms with van der Waals surface area (Å²) in [6.07, 6.45) is 0. The fourth-order valence-corrected chi connectivity index (χ4v) is 3.18. The predicted molar refractivity (Wildman–Crippen MR) is 85.1 cm³/mol. The van der Waals surface area contributed by atoms with Crippen molar-refractivity contribution >= 4 is 33.8 Å². The number of thiophene rings is 1. The molecule has 2 N–H and O–H groups in total. The van der Waals surface area contributed by atoms with E-state index >= 15 is 0 Å². The highest BCUT2D eigenvalue weighted by Gasteiger charge is 2.07. The monoisotopic (exact) mass is 303 g/mol. The molecule has 0 saturated heterocycles. The molecule has 0 atom stereocenters. The zero-order chi connectivity index (χ0) is 13.9. The van der Waals surface area contributed by atoms with Crippen LogP contribution in [0.25, 0.3) is 10.9 Å². The molecule has 4 heteroatoms. The number of rotatable bonds is 4. The Bertz CT molecular complexity index is 723. The third kappa shape index (κ3) is 3.01. The van der Waals surface area contributed by atoms with Crippen LogP contribution < -0.4 is 5.32 Å². The Labute approximate surface area is 127 Å². The molecule has 2 nitrogen and oxygen atoms in total. The largest absolute Gasteiger partial charge is 0.338 e. The first-order valence-corrected chi connectivity index (χ1v) is 7.88. The van der Waals surface area contributed by atoms with Crippen LogP contribution in [-0.4, -0.2) is 4.98 Å². The predicted octanol–water partition coefficient (Wildman–Crippen LogP) is 3.52. The van der Waals surface area contributed by atoms with Crippen molar-refractivity contribution < 1.29 is 5.32 Å². The highest BCUT2D eigenvalue weighted by molar-refractivity contribution is 7.09. The van der Waals surface area contributed by atoms with Crippen LogP contribution in [0.1, 0.15) is 16.0 Å². The van der Waals surface area contributed by atoms with Gasteiger partial charge in [-0.2, -0.15) is 0 Å². The van der Waals surface area contributed by atoms with E-state index in [-0.39, 0.29) is 0 Å². The Morgan fingerprint density at radius 2 is 2.10 bits per heavy atom. The van der Waals surface area contributed by atoms with Crippen LogP contribution in [0, 0.1) is 6.92 Å². The van der Waals surface area contributed by atoms with E-state index in [9.17, 15) is 0 Å². The van der Waals surface area contributed by atoms with Crippen molar-refractivity contribution in [2.45, 2.75) is 20.0 Å². The maximum absolute atomic E-state index is 6.28. The van der Waals surface area contributed by atoms with E-state index in [1.54, 1.807) is 11.3 Å². The molecule has 3 rings (SSSR count). The van der Waals surface area contributed by atoms with Gasteiger partial charge in [0.1, 0.15) is 18.2 Å². The Balaban J connectivity index is 1.78. The Morgan fingerprint density at radius 3 is 2.90 bits per heavy atom. The van der Waals surface area contributed by atoms with Gasteiger partial charge in [0, 0.05) is 10.9 Å². The van der Waals surface area contributed by atoms with Crippen molar-refractivity contribution in [3.8, 4) is 0 Å². The van der Waals surface area contributed by atoms with Crippen LogP contribution in [0.3, 0.4) is 0 Å². The van der Waals surface area contributed by atoms with Crippen molar-refractivity contribution in [2.75, 3.05) is 0 Å². The number of halogens is 1. The SMILES string of the molecule is Cc1ccc2nc(Cl)c(C[NH2+]Cc3cccs3)cc2c1. The molecule has 3 aromatic rings. The van der Waals surface area contributed by atoms with Crippen molar-refractivity contribution in [1.82, 2.24) is 4.98 Å². The van der Waals surface area contributed by atoms with Crippen molar-refractivity contribution in [1.29, 1.82) is 0 Å². The van der Waals surface area contributed by atoms with E-state index in [0.29, 0.717) is 5.15 Å². The molecule has 0 amide bonds. The second-order valence-electron chi connectivity index (χ2n) is 4.91. The van der Waals surface area contributed by atoms with Crippen LogP contribution in [0.5, 0.6) is 0 Å². The van der Waals surface area contributed by atoms with Gasteiger partial charge < -0.3 is 5.32 Å². The lowest BCUT2D eigenvalue weighted by Gasteiger charge is -2.06. The molecule has 0 aliphatic carbocycles. The summed E-state index contributed by atoms with van der Waals surface area (Å²) in [5, 5.41) is 6.14. The molecule has 102 valence electrons. The highest BCUT2D eigenvalue weighted by Crippen LogP contribution is 2.21. The molecule has 0 fully saturated rings. The average molecular weight is 304 g/mol. The molecule has 1 aromatic carbocycles. The molecule has 0 unspecified atom stereocenters. The van der Waals surface area contributed by atoms with Gasteiger partial charge in [0.05, 0.1) is 10.4 Å². The first-order chi connectivity index (χ1) is 9.72. The number of hydrogen-bond donors (Lipinski definition) is 1. The van der Waals surface area contributed by atoms with Crippen molar-refractivity contribution in [3.63, 3.8) is 0 Å². The number of nitrogens with two attached hydrogens (primary N) is 1. The first-order valence-electron chi connectivity index (χ1n) is 6.62. The lowest BCUT2D eigenvalue weighted by molar-refractivity contribution is -0.685. The molecule has 0 saturated carbocycles. The van der Waals surface area contributed by atoms with E-state index < -0.39 is 0 Å². The van der Waals surface area contributed by atoms with E-state index in [1.165, 1.54) is 10.4 Å². The van der Waals surface area contributed by atoms with Crippen LogP contribution >= 0.6 is 22.9 Å². The van der Waals surface area contributed by atoms with E-state index in [0.717, 1.165) is 29.6 Å². The molecule has 0 radical (unpaired) electrons. The minimum atomic E-state index is 0.615. The minimum absolute atomic E-state index is 0.615. The summed E-state index contributed by atoms with van der Waals surface area (Å²) in [5.74, 6) is 0. The number of pyridine rings is 1. The fraction of sp³-hybridized carbons (Fsp3) is 0.188. The molecule has 0 aliphatic heterocycles. The third-order valence-electron chi connectivity index (χ3n) is 3.29. The third-order valence-corrected chi connectivity index (χ3v) is 4.51. The summed E-state index contributed by atoms with van der Waals surface area (Å²) in [6, 6.07) is 12.6. The van der Waals surface area contributed by atoms with Crippen molar-refractivity contribution in [2.24, 2.45) is 0 Å². The zero-order valence-corrected chi connectivity index (χ0v) is 12.8. The van der Waals surface area contributed by atoms with E-state index in [2.05, 4.69) is 52.9 Å². The molecular weight excluding hydrogens is 288 g/mol. The maximum Gasteiger partial charge on any atom is 0.138 e. The Hall–Kier alpha value is -1.42. The van der Waals surface area contributed by atoms with Gasteiger partial charge in [0.2, 0.25) is 0 Å². The number of fused-ring (bicyclic) bond motifs is 1. The fourth-order valence-electron chi connectivity index (χ4n) is 2.26. The highest BCUT2D eigenvalue weighted by atomic mass is 35.5. The quantitative estimate of drug-likeness (QED) is 0.734. The van der Waals surface area contributed by atoms with Gasteiger partial charge in [-0.1, -0.05) is 29.3 Å². The Kier molecular flexibility index (Phi) is 4.01. The molecule has 0 aliphatic rings. The van der Waals surface area contributed by atoms with E-state index in [4.69, 9.17) is 11.6 Å². The molecule has 0 bridgehead atoms. The van der Waals surface area contributed by atoms with Crippen LogP contribution in [0.4, 0.5) is 0 Å². The van der Waals surface area contributed by atoms with Gasteiger partial charge in [-0.3, -0.25) is 0 Å². The van der Waals surface area contributed by atoms with Crippen molar-refractivity contribution in [3.05, 3.63) is 62.9 Å². The molecule has 20 heavy (non-hydrogen) atoms. The summed E-state index contributed by atoms with van der Waals surface area (Å²) in [5.41, 5.74) is 3.30. The zero-order valence-electron chi connectivity index (χ0n) is 11.3. The van der Waals surface area contributed by atoms with Gasteiger partial charge in [-0.05, 0) is 36.6 Å².